The lowest BCUT2D eigenvalue weighted by Crippen LogP contribution is -2.40. The maximum absolute atomic E-state index is 12.6. The Morgan fingerprint density at radius 3 is 2.50 bits per heavy atom. The Labute approximate surface area is 124 Å². The third-order valence-electron chi connectivity index (χ3n) is 2.68. The Kier molecular flexibility index (Phi) is 4.42. The van der Waals surface area contributed by atoms with E-state index in [-0.39, 0.29) is 12.2 Å². The van der Waals surface area contributed by atoms with E-state index in [1.165, 1.54) is 35.3 Å². The summed E-state index contributed by atoms with van der Waals surface area (Å²) in [4.78, 5) is 3.52. The molecule has 10 heteroatoms. The molecule has 0 bridgehead atoms. The van der Waals surface area contributed by atoms with Crippen molar-refractivity contribution >= 4 is 10.1 Å². The van der Waals surface area contributed by atoms with Crippen molar-refractivity contribution in [3.63, 3.8) is 0 Å². The lowest BCUT2D eigenvalue weighted by molar-refractivity contribution is -0.750. The van der Waals surface area contributed by atoms with E-state index < -0.39 is 27.7 Å². The largest absolute Gasteiger partial charge is 0.433 e. The predicted octanol–water partition coefficient (Wildman–Crippen LogP) is 1.34. The van der Waals surface area contributed by atoms with E-state index in [0.717, 1.165) is 6.07 Å². The van der Waals surface area contributed by atoms with Gasteiger partial charge in [-0.05, 0) is 17.2 Å². The van der Waals surface area contributed by atoms with E-state index in [9.17, 15) is 21.6 Å². The molecule has 0 aliphatic carbocycles. The molecule has 2 heterocycles. The van der Waals surface area contributed by atoms with Crippen LogP contribution in [0.5, 0.6) is 0 Å². The molecule has 2 aromatic heterocycles. The van der Waals surface area contributed by atoms with Crippen molar-refractivity contribution in [2.45, 2.75) is 12.7 Å². The number of hydrogen-bond acceptors (Lipinski definition) is 4. The normalized spacial score (nSPS) is 12.4. The standard InChI is InChI=1S/C12H10F3N3O3S/c13-12(14,15)11-3-1-2-10(17-11)9-4-5-18(16-8-9)6-7-22(19,20)21/h1-5,8H,6-7H2/p+1. The quantitative estimate of drug-likeness (QED) is 0.674. The Bertz CT molecular complexity index is 761. The highest BCUT2D eigenvalue weighted by molar-refractivity contribution is 7.85. The first-order chi connectivity index (χ1) is 10.1. The van der Waals surface area contributed by atoms with Gasteiger partial charge < -0.3 is 0 Å². The highest BCUT2D eigenvalue weighted by Crippen LogP contribution is 2.28. The third-order valence-corrected chi connectivity index (χ3v) is 3.38. The first kappa shape index (κ1) is 16.3. The van der Waals surface area contributed by atoms with E-state index in [1.807, 2.05) is 0 Å². The number of rotatable bonds is 4. The van der Waals surface area contributed by atoms with Crippen molar-refractivity contribution in [1.82, 2.24) is 10.1 Å². The third kappa shape index (κ3) is 4.46. The van der Waals surface area contributed by atoms with Crippen molar-refractivity contribution in [2.24, 2.45) is 0 Å². The van der Waals surface area contributed by atoms with Gasteiger partial charge in [0.25, 0.3) is 10.1 Å². The van der Waals surface area contributed by atoms with E-state index in [2.05, 4.69) is 10.1 Å². The van der Waals surface area contributed by atoms with Gasteiger partial charge in [-0.1, -0.05) is 10.7 Å². The van der Waals surface area contributed by atoms with Crippen molar-refractivity contribution in [3.05, 3.63) is 42.4 Å². The van der Waals surface area contributed by atoms with Gasteiger partial charge in [0.2, 0.25) is 0 Å². The van der Waals surface area contributed by atoms with Gasteiger partial charge in [0.15, 0.2) is 12.7 Å². The lowest BCUT2D eigenvalue weighted by Gasteiger charge is -2.07. The molecule has 0 spiro atoms. The predicted molar refractivity (Wildman–Crippen MR) is 69.1 cm³/mol. The molecule has 1 N–H and O–H groups in total. The zero-order chi connectivity index (χ0) is 16.4. The highest BCUT2D eigenvalue weighted by Gasteiger charge is 2.32. The van der Waals surface area contributed by atoms with E-state index in [0.29, 0.717) is 5.56 Å². The molecule has 0 fully saturated rings. The average Bonchev–Trinajstić information content (AvgIpc) is 2.44. The van der Waals surface area contributed by atoms with E-state index >= 15 is 0 Å². The van der Waals surface area contributed by atoms with Crippen molar-refractivity contribution in [2.75, 3.05) is 5.75 Å². The van der Waals surface area contributed by atoms with Gasteiger partial charge in [0, 0.05) is 11.6 Å². The summed E-state index contributed by atoms with van der Waals surface area (Å²) in [7, 11) is -4.10. The molecular weight excluding hydrogens is 323 g/mol. The zero-order valence-electron chi connectivity index (χ0n) is 11.0. The first-order valence-electron chi connectivity index (χ1n) is 6.01. The fourth-order valence-electron chi connectivity index (χ4n) is 1.63. The van der Waals surface area contributed by atoms with Crippen LogP contribution in [-0.2, 0) is 22.8 Å². The summed E-state index contributed by atoms with van der Waals surface area (Å²) in [5.41, 5.74) is -0.549. The Hall–Kier alpha value is -2.07. The van der Waals surface area contributed by atoms with Crippen molar-refractivity contribution in [3.8, 4) is 11.3 Å². The number of alkyl halides is 3. The molecule has 118 valence electrons. The van der Waals surface area contributed by atoms with Crippen LogP contribution in [0, 0.1) is 0 Å². The van der Waals surface area contributed by atoms with Gasteiger partial charge in [-0.2, -0.15) is 21.6 Å². The fraction of sp³-hybridized carbons (Fsp3) is 0.250. The molecule has 0 unspecified atom stereocenters. The first-order valence-corrected chi connectivity index (χ1v) is 7.62. The second-order valence-corrected chi connectivity index (χ2v) is 5.94. The monoisotopic (exact) mass is 334 g/mol. The van der Waals surface area contributed by atoms with Crippen LogP contribution in [0.2, 0.25) is 0 Å². The number of nitrogens with zero attached hydrogens (tertiary/aromatic N) is 3. The van der Waals surface area contributed by atoms with Gasteiger partial charge in [0.1, 0.15) is 17.6 Å². The minimum atomic E-state index is -4.53. The Balaban J connectivity index is 2.20. The molecule has 0 aliphatic rings. The van der Waals surface area contributed by atoms with Crippen molar-refractivity contribution < 1.29 is 30.8 Å². The minimum absolute atomic E-state index is 0.0743. The molecular formula is C12H11F3N3O3S+. The van der Waals surface area contributed by atoms with Gasteiger partial charge in [-0.15, -0.1) is 0 Å². The Morgan fingerprint density at radius 2 is 1.95 bits per heavy atom. The molecule has 0 atom stereocenters. The molecule has 0 saturated carbocycles. The number of halogens is 3. The molecule has 0 radical (unpaired) electrons. The number of aryl methyl sites for hydroxylation is 1. The van der Waals surface area contributed by atoms with Crippen LogP contribution in [0.25, 0.3) is 11.3 Å². The summed E-state index contributed by atoms with van der Waals surface area (Å²) in [5, 5.41) is 3.87. The highest BCUT2D eigenvalue weighted by atomic mass is 32.2. The van der Waals surface area contributed by atoms with Crippen LogP contribution < -0.4 is 4.68 Å². The molecule has 2 rings (SSSR count). The smallest absolute Gasteiger partial charge is 0.285 e. The maximum atomic E-state index is 12.6. The second kappa shape index (κ2) is 5.97. The summed E-state index contributed by atoms with van der Waals surface area (Å²) >= 11 is 0. The molecule has 0 saturated heterocycles. The summed E-state index contributed by atoms with van der Waals surface area (Å²) < 4.78 is 68.9. The number of pyridine rings is 1. The summed E-state index contributed by atoms with van der Waals surface area (Å²) in [5.74, 6) is -0.508. The lowest BCUT2D eigenvalue weighted by atomic mass is 10.2. The molecule has 6 nitrogen and oxygen atoms in total. The SMILES string of the molecule is O=S(=O)(O)CC[n+]1ccc(-c2cccc(C(F)(F)F)n2)cn1. The van der Waals surface area contributed by atoms with Crippen molar-refractivity contribution in [1.29, 1.82) is 0 Å². The topological polar surface area (TPSA) is 84.0 Å². The van der Waals surface area contributed by atoms with Gasteiger partial charge >= 0.3 is 6.18 Å². The fourth-order valence-corrected chi connectivity index (χ4v) is 2.05. The van der Waals surface area contributed by atoms with E-state index in [1.54, 1.807) is 0 Å². The summed E-state index contributed by atoms with van der Waals surface area (Å²) in [6.45, 7) is -0.0743. The van der Waals surface area contributed by atoms with E-state index in [4.69, 9.17) is 4.55 Å². The number of aromatic nitrogens is 3. The van der Waals surface area contributed by atoms with Crippen LogP contribution >= 0.6 is 0 Å². The van der Waals surface area contributed by atoms with Crippen LogP contribution in [0.1, 0.15) is 5.69 Å². The van der Waals surface area contributed by atoms with Crippen LogP contribution in [0.4, 0.5) is 13.2 Å². The molecule has 22 heavy (non-hydrogen) atoms. The minimum Gasteiger partial charge on any atom is -0.285 e. The zero-order valence-corrected chi connectivity index (χ0v) is 11.8. The van der Waals surface area contributed by atoms with Crippen LogP contribution in [0.3, 0.4) is 0 Å². The summed E-state index contributed by atoms with van der Waals surface area (Å²) in [6.07, 6.45) is -1.87. The molecule has 0 aliphatic heterocycles. The average molecular weight is 334 g/mol. The molecule has 2 aromatic rings. The van der Waals surface area contributed by atoms with Crippen LogP contribution in [-0.4, -0.2) is 28.8 Å². The molecule has 0 aromatic carbocycles. The van der Waals surface area contributed by atoms with Gasteiger partial charge in [0.05, 0.1) is 5.69 Å². The maximum Gasteiger partial charge on any atom is 0.433 e. The van der Waals surface area contributed by atoms with Gasteiger partial charge in [-0.3, -0.25) is 4.55 Å². The van der Waals surface area contributed by atoms with Gasteiger partial charge in [-0.25, -0.2) is 4.98 Å². The van der Waals surface area contributed by atoms with Crippen LogP contribution in [0.15, 0.2) is 36.7 Å². The Morgan fingerprint density at radius 1 is 1.23 bits per heavy atom. The summed E-state index contributed by atoms with van der Waals surface area (Å²) in [6, 6.07) is 4.98. The number of hydrogen-bond donors (Lipinski definition) is 1. The molecule has 0 amide bonds. The second-order valence-electron chi connectivity index (χ2n) is 4.37.